The molecule has 2 atom stereocenters. The zero-order valence-electron chi connectivity index (χ0n) is 14.7. The third kappa shape index (κ3) is 4.65. The van der Waals surface area contributed by atoms with Crippen LogP contribution < -0.4 is 5.32 Å². The minimum atomic E-state index is -0.0183. The molecule has 2 heterocycles. The van der Waals surface area contributed by atoms with Gasteiger partial charge in [-0.3, -0.25) is 9.88 Å². The van der Waals surface area contributed by atoms with Gasteiger partial charge in [0, 0.05) is 51.7 Å². The van der Waals surface area contributed by atoms with Gasteiger partial charge in [-0.25, -0.2) is 4.79 Å². The topological polar surface area (TPSA) is 51.7 Å². The number of aromatic nitrogens is 1. The first-order chi connectivity index (χ1) is 11.0. The summed E-state index contributed by atoms with van der Waals surface area (Å²) in [6.45, 7) is 5.89. The molecule has 128 valence electrons. The average Bonchev–Trinajstić information content (AvgIpc) is 2.57. The van der Waals surface area contributed by atoms with Gasteiger partial charge in [0.25, 0.3) is 0 Å². The molecule has 0 aromatic carbocycles. The van der Waals surface area contributed by atoms with E-state index in [1.807, 2.05) is 19.2 Å². The van der Waals surface area contributed by atoms with Crippen molar-refractivity contribution in [2.45, 2.75) is 25.4 Å². The number of hydrogen-bond donors (Lipinski definition) is 1. The van der Waals surface area contributed by atoms with Crippen LogP contribution in [0.1, 0.15) is 24.9 Å². The zero-order chi connectivity index (χ0) is 16.8. The van der Waals surface area contributed by atoms with Crippen molar-refractivity contribution in [3.05, 3.63) is 30.1 Å². The van der Waals surface area contributed by atoms with E-state index in [-0.39, 0.29) is 12.1 Å². The first-order valence-corrected chi connectivity index (χ1v) is 8.32. The van der Waals surface area contributed by atoms with Gasteiger partial charge < -0.3 is 15.1 Å². The molecule has 0 unspecified atom stereocenters. The number of rotatable bonds is 5. The first kappa shape index (κ1) is 17.7. The molecule has 0 radical (unpaired) electrons. The van der Waals surface area contributed by atoms with E-state index in [2.05, 4.69) is 41.1 Å². The minimum absolute atomic E-state index is 0.0183. The van der Waals surface area contributed by atoms with Crippen molar-refractivity contribution in [3.8, 4) is 0 Å². The molecule has 1 aromatic rings. The quantitative estimate of drug-likeness (QED) is 0.892. The van der Waals surface area contributed by atoms with Crippen molar-refractivity contribution in [1.29, 1.82) is 0 Å². The second-order valence-electron chi connectivity index (χ2n) is 6.40. The van der Waals surface area contributed by atoms with E-state index in [0.29, 0.717) is 12.6 Å². The van der Waals surface area contributed by atoms with Crippen LogP contribution >= 0.6 is 0 Å². The Morgan fingerprint density at radius 1 is 1.39 bits per heavy atom. The fourth-order valence-corrected chi connectivity index (χ4v) is 3.11. The number of carbonyl (C=O) groups excluding carboxylic acids is 1. The molecular weight excluding hydrogens is 290 g/mol. The zero-order valence-corrected chi connectivity index (χ0v) is 14.7. The molecule has 23 heavy (non-hydrogen) atoms. The van der Waals surface area contributed by atoms with Crippen molar-refractivity contribution in [2.24, 2.45) is 0 Å². The third-order valence-corrected chi connectivity index (χ3v) is 4.73. The van der Waals surface area contributed by atoms with Gasteiger partial charge in [-0.05, 0) is 38.2 Å². The van der Waals surface area contributed by atoms with Crippen LogP contribution in [0.15, 0.2) is 24.5 Å². The van der Waals surface area contributed by atoms with Crippen LogP contribution in [0.5, 0.6) is 0 Å². The van der Waals surface area contributed by atoms with Gasteiger partial charge in [0.1, 0.15) is 0 Å². The minimum Gasteiger partial charge on any atom is -0.336 e. The number of nitrogens with one attached hydrogen (secondary N) is 1. The highest BCUT2D eigenvalue weighted by molar-refractivity contribution is 5.74. The molecule has 1 aliphatic rings. The Kier molecular flexibility index (Phi) is 6.36. The number of amides is 2. The molecule has 1 saturated heterocycles. The van der Waals surface area contributed by atoms with Crippen molar-refractivity contribution >= 4 is 6.03 Å². The summed E-state index contributed by atoms with van der Waals surface area (Å²) in [5, 5.41) is 3.09. The standard InChI is InChI=1S/C17H29N5O/c1-5-16(14-6-8-18-9-7-14)22(4)17(23)19-12-15-13-20(2)10-11-21(15)3/h6-9,15-16H,5,10-13H2,1-4H3,(H,19,23)/t15-,16-/m1/s1. The summed E-state index contributed by atoms with van der Waals surface area (Å²) in [7, 11) is 6.12. The van der Waals surface area contributed by atoms with Gasteiger partial charge in [0.2, 0.25) is 0 Å². The van der Waals surface area contributed by atoms with Gasteiger partial charge in [0.15, 0.2) is 0 Å². The maximum absolute atomic E-state index is 12.5. The third-order valence-electron chi connectivity index (χ3n) is 4.73. The molecule has 1 aliphatic heterocycles. The molecule has 2 amide bonds. The lowest BCUT2D eigenvalue weighted by molar-refractivity contribution is 0.112. The highest BCUT2D eigenvalue weighted by Gasteiger charge is 2.24. The van der Waals surface area contributed by atoms with Gasteiger partial charge in [-0.15, -0.1) is 0 Å². The fraction of sp³-hybridized carbons (Fsp3) is 0.647. The van der Waals surface area contributed by atoms with E-state index in [9.17, 15) is 4.79 Å². The van der Waals surface area contributed by atoms with E-state index in [1.165, 1.54) is 0 Å². The largest absolute Gasteiger partial charge is 0.336 e. The molecule has 1 aromatic heterocycles. The normalized spacial score (nSPS) is 21.0. The van der Waals surface area contributed by atoms with Gasteiger partial charge in [0.05, 0.1) is 6.04 Å². The van der Waals surface area contributed by atoms with Crippen molar-refractivity contribution < 1.29 is 4.79 Å². The van der Waals surface area contributed by atoms with Crippen LogP contribution in [0.25, 0.3) is 0 Å². The molecule has 0 saturated carbocycles. The summed E-state index contributed by atoms with van der Waals surface area (Å²) in [6, 6.07) is 4.37. The SMILES string of the molecule is CC[C@H](c1ccncc1)N(C)C(=O)NC[C@@H]1CN(C)CCN1C. The molecule has 6 heteroatoms. The molecule has 0 bridgehead atoms. The number of piperazine rings is 1. The Bertz CT molecular complexity index is 495. The smallest absolute Gasteiger partial charge is 0.317 e. The second-order valence-corrected chi connectivity index (χ2v) is 6.40. The monoisotopic (exact) mass is 319 g/mol. The average molecular weight is 319 g/mol. The predicted molar refractivity (Wildman–Crippen MR) is 92.3 cm³/mol. The van der Waals surface area contributed by atoms with Crippen LogP contribution in [0.2, 0.25) is 0 Å². The molecule has 2 rings (SSSR count). The Hall–Kier alpha value is -1.66. The van der Waals surface area contributed by atoms with E-state index in [1.54, 1.807) is 17.3 Å². The molecule has 6 nitrogen and oxygen atoms in total. The lowest BCUT2D eigenvalue weighted by Gasteiger charge is -2.38. The lowest BCUT2D eigenvalue weighted by atomic mass is 10.1. The summed E-state index contributed by atoms with van der Waals surface area (Å²) < 4.78 is 0. The molecular formula is C17H29N5O. The van der Waals surface area contributed by atoms with Gasteiger partial charge >= 0.3 is 6.03 Å². The number of urea groups is 1. The van der Waals surface area contributed by atoms with Crippen LogP contribution in [-0.4, -0.2) is 79.1 Å². The second kappa shape index (κ2) is 8.26. The van der Waals surface area contributed by atoms with Gasteiger partial charge in [-0.2, -0.15) is 0 Å². The number of carbonyl (C=O) groups is 1. The van der Waals surface area contributed by atoms with Crippen molar-refractivity contribution in [1.82, 2.24) is 25.0 Å². The summed E-state index contributed by atoms with van der Waals surface area (Å²) in [4.78, 5) is 23.0. The Balaban J connectivity index is 1.91. The summed E-state index contributed by atoms with van der Waals surface area (Å²) in [6.07, 6.45) is 4.42. The highest BCUT2D eigenvalue weighted by Crippen LogP contribution is 2.22. The number of likely N-dealkylation sites (N-methyl/N-ethyl adjacent to an activating group) is 2. The van der Waals surface area contributed by atoms with Crippen molar-refractivity contribution in [3.63, 3.8) is 0 Å². The van der Waals surface area contributed by atoms with E-state index < -0.39 is 0 Å². The Morgan fingerprint density at radius 2 is 2.09 bits per heavy atom. The number of pyridine rings is 1. The fourth-order valence-electron chi connectivity index (χ4n) is 3.11. The summed E-state index contributed by atoms with van der Waals surface area (Å²) >= 11 is 0. The number of nitrogens with zero attached hydrogens (tertiary/aromatic N) is 4. The van der Waals surface area contributed by atoms with Crippen LogP contribution in [0.4, 0.5) is 4.79 Å². The van der Waals surface area contributed by atoms with E-state index >= 15 is 0 Å². The van der Waals surface area contributed by atoms with Crippen molar-refractivity contribution in [2.75, 3.05) is 47.3 Å². The molecule has 1 fully saturated rings. The molecule has 0 spiro atoms. The van der Waals surface area contributed by atoms with Crippen LogP contribution in [0.3, 0.4) is 0 Å². The van der Waals surface area contributed by atoms with Gasteiger partial charge in [-0.1, -0.05) is 6.92 Å². The van der Waals surface area contributed by atoms with E-state index in [4.69, 9.17) is 0 Å². The van der Waals surface area contributed by atoms with E-state index in [0.717, 1.165) is 31.6 Å². The Labute approximate surface area is 139 Å². The maximum atomic E-state index is 12.5. The Morgan fingerprint density at radius 3 is 2.74 bits per heavy atom. The lowest BCUT2D eigenvalue weighted by Crippen LogP contribution is -2.55. The summed E-state index contributed by atoms with van der Waals surface area (Å²) in [5.74, 6) is 0. The maximum Gasteiger partial charge on any atom is 0.317 e. The highest BCUT2D eigenvalue weighted by atomic mass is 16.2. The molecule has 0 aliphatic carbocycles. The number of hydrogen-bond acceptors (Lipinski definition) is 4. The van der Waals surface area contributed by atoms with Crippen LogP contribution in [0, 0.1) is 0 Å². The van der Waals surface area contributed by atoms with Crippen LogP contribution in [-0.2, 0) is 0 Å². The molecule has 1 N–H and O–H groups in total. The summed E-state index contributed by atoms with van der Waals surface area (Å²) in [5.41, 5.74) is 1.12. The first-order valence-electron chi connectivity index (χ1n) is 8.32. The predicted octanol–water partition coefficient (Wildman–Crippen LogP) is 1.42.